The van der Waals surface area contributed by atoms with Crippen LogP contribution < -0.4 is 11.2 Å². The molecule has 9 heteroatoms. The fourth-order valence-electron chi connectivity index (χ4n) is 3.67. The van der Waals surface area contributed by atoms with E-state index in [1.807, 2.05) is 0 Å². The van der Waals surface area contributed by atoms with Gasteiger partial charge in [-0.1, -0.05) is 19.3 Å². The van der Waals surface area contributed by atoms with Crippen molar-refractivity contribution < 1.29 is 4.79 Å². The zero-order chi connectivity index (χ0) is 19.1. The molecule has 2 aromatic rings. The summed E-state index contributed by atoms with van der Waals surface area (Å²) < 4.78 is 3.72. The number of rotatable bonds is 3. The van der Waals surface area contributed by atoms with Crippen LogP contribution >= 0.6 is 0 Å². The van der Waals surface area contributed by atoms with Crippen molar-refractivity contribution in [2.24, 2.45) is 14.1 Å². The quantitative estimate of drug-likeness (QED) is 0.775. The molecule has 1 aliphatic rings. The summed E-state index contributed by atoms with van der Waals surface area (Å²) in [6.07, 6.45) is 5.61. The lowest BCUT2D eigenvalue weighted by Crippen LogP contribution is -2.50. The van der Waals surface area contributed by atoms with Gasteiger partial charge in [0, 0.05) is 21.1 Å². The lowest BCUT2D eigenvalue weighted by molar-refractivity contribution is -0.135. The number of hydrogen-bond acceptors (Lipinski definition) is 5. The van der Waals surface area contributed by atoms with Crippen molar-refractivity contribution >= 4 is 17.1 Å². The third-order valence-electron chi connectivity index (χ3n) is 5.43. The molecule has 1 fully saturated rings. The fourth-order valence-corrected chi connectivity index (χ4v) is 3.67. The molecule has 1 aliphatic carbocycles. The lowest BCUT2D eigenvalue weighted by Gasteiger charge is -2.39. The summed E-state index contributed by atoms with van der Waals surface area (Å²) in [6, 6.07) is 2.32. The van der Waals surface area contributed by atoms with E-state index in [2.05, 4.69) is 11.1 Å². The van der Waals surface area contributed by atoms with Crippen molar-refractivity contribution in [2.75, 3.05) is 7.05 Å². The molecule has 9 nitrogen and oxygen atoms in total. The van der Waals surface area contributed by atoms with E-state index in [9.17, 15) is 19.6 Å². The van der Waals surface area contributed by atoms with Crippen LogP contribution in [0.25, 0.3) is 11.2 Å². The zero-order valence-corrected chi connectivity index (χ0v) is 15.2. The molecule has 138 valence electrons. The van der Waals surface area contributed by atoms with Crippen molar-refractivity contribution in [3.8, 4) is 6.07 Å². The average Bonchev–Trinajstić information content (AvgIpc) is 3.08. The van der Waals surface area contributed by atoms with E-state index in [4.69, 9.17) is 0 Å². The Bertz CT molecular complexity index is 1020. The van der Waals surface area contributed by atoms with E-state index in [0.717, 1.165) is 23.8 Å². The average molecular weight is 358 g/mol. The number of aromatic nitrogens is 4. The molecule has 0 radical (unpaired) electrons. The van der Waals surface area contributed by atoms with Gasteiger partial charge in [0.25, 0.3) is 5.56 Å². The van der Waals surface area contributed by atoms with Crippen LogP contribution in [0.3, 0.4) is 0 Å². The number of aryl methyl sites for hydroxylation is 1. The van der Waals surface area contributed by atoms with Gasteiger partial charge in [-0.15, -0.1) is 0 Å². The highest BCUT2D eigenvalue weighted by atomic mass is 16.2. The van der Waals surface area contributed by atoms with Crippen molar-refractivity contribution in [1.82, 2.24) is 23.6 Å². The monoisotopic (exact) mass is 358 g/mol. The first kappa shape index (κ1) is 17.9. The third kappa shape index (κ3) is 2.62. The van der Waals surface area contributed by atoms with Gasteiger partial charge in [-0.2, -0.15) is 5.26 Å². The molecule has 1 saturated carbocycles. The van der Waals surface area contributed by atoms with Crippen molar-refractivity contribution in [3.63, 3.8) is 0 Å². The molecular formula is C17H22N6O3. The third-order valence-corrected chi connectivity index (χ3v) is 5.43. The Balaban J connectivity index is 1.97. The minimum absolute atomic E-state index is 0.107. The summed E-state index contributed by atoms with van der Waals surface area (Å²) in [5, 5.41) is 9.65. The summed E-state index contributed by atoms with van der Waals surface area (Å²) in [5.41, 5.74) is -1.32. The number of likely N-dealkylation sites (N-methyl/N-ethyl adjacent to an activating group) is 1. The minimum Gasteiger partial charge on any atom is -0.326 e. The van der Waals surface area contributed by atoms with Crippen molar-refractivity contribution in [3.05, 3.63) is 27.2 Å². The molecular weight excluding hydrogens is 336 g/mol. The molecule has 0 atom stereocenters. The Kier molecular flexibility index (Phi) is 4.44. The Morgan fingerprint density at radius 1 is 1.27 bits per heavy atom. The second-order valence-electron chi connectivity index (χ2n) is 6.91. The molecule has 0 bridgehead atoms. The van der Waals surface area contributed by atoms with Crippen LogP contribution in [0.4, 0.5) is 0 Å². The van der Waals surface area contributed by atoms with E-state index in [0.29, 0.717) is 12.8 Å². The second-order valence-corrected chi connectivity index (χ2v) is 6.91. The molecule has 0 unspecified atom stereocenters. The van der Waals surface area contributed by atoms with Gasteiger partial charge in [0.1, 0.15) is 12.1 Å². The number of hydrogen-bond donors (Lipinski definition) is 0. The van der Waals surface area contributed by atoms with E-state index in [1.54, 1.807) is 7.05 Å². The van der Waals surface area contributed by atoms with Gasteiger partial charge in [0.05, 0.1) is 12.4 Å². The highest BCUT2D eigenvalue weighted by Gasteiger charge is 2.38. The summed E-state index contributed by atoms with van der Waals surface area (Å²) >= 11 is 0. The Labute approximate surface area is 150 Å². The van der Waals surface area contributed by atoms with Gasteiger partial charge in [-0.3, -0.25) is 18.7 Å². The van der Waals surface area contributed by atoms with Crippen LogP contribution in [0.2, 0.25) is 0 Å². The molecule has 3 rings (SSSR count). The van der Waals surface area contributed by atoms with E-state index < -0.39 is 16.8 Å². The molecule has 0 spiro atoms. The number of amides is 1. The normalized spacial score (nSPS) is 16.4. The maximum atomic E-state index is 12.8. The summed E-state index contributed by atoms with van der Waals surface area (Å²) in [7, 11) is 4.56. The number of carbonyl (C=O) groups excluding carboxylic acids is 1. The first-order chi connectivity index (χ1) is 12.3. The number of fused-ring (bicyclic) bond motifs is 1. The summed E-state index contributed by atoms with van der Waals surface area (Å²) in [5.74, 6) is -0.261. The molecule has 0 aromatic carbocycles. The van der Waals surface area contributed by atoms with E-state index in [1.165, 1.54) is 34.5 Å². The SMILES string of the molecule is CN(C(=O)Cn1cnc2c1c(=O)n(C)c(=O)n2C)C1(C#N)CCCCC1. The number of nitrogens with zero attached hydrogens (tertiary/aromatic N) is 6. The topological polar surface area (TPSA) is 106 Å². The van der Waals surface area contributed by atoms with Crippen LogP contribution in [-0.2, 0) is 25.4 Å². The summed E-state index contributed by atoms with van der Waals surface area (Å²) in [4.78, 5) is 42.9. The fraction of sp³-hybridized carbons (Fsp3) is 0.588. The molecule has 1 amide bonds. The Morgan fingerprint density at radius 3 is 2.54 bits per heavy atom. The van der Waals surface area contributed by atoms with E-state index in [-0.39, 0.29) is 23.6 Å². The van der Waals surface area contributed by atoms with Gasteiger partial charge >= 0.3 is 5.69 Å². The largest absolute Gasteiger partial charge is 0.332 e. The predicted octanol–water partition coefficient (Wildman–Crippen LogP) is 0.119. The number of imidazole rings is 1. The zero-order valence-electron chi connectivity index (χ0n) is 15.2. The molecule has 2 heterocycles. The molecule has 2 aromatic heterocycles. The van der Waals surface area contributed by atoms with Crippen LogP contribution in [0.1, 0.15) is 32.1 Å². The van der Waals surface area contributed by atoms with Crippen molar-refractivity contribution in [2.45, 2.75) is 44.2 Å². The summed E-state index contributed by atoms with van der Waals surface area (Å²) in [6.45, 7) is -0.107. The van der Waals surface area contributed by atoms with E-state index >= 15 is 0 Å². The molecule has 26 heavy (non-hydrogen) atoms. The minimum atomic E-state index is -0.788. The van der Waals surface area contributed by atoms with Crippen LogP contribution in [0, 0.1) is 11.3 Å². The Hall–Kier alpha value is -2.89. The molecule has 0 N–H and O–H groups in total. The smallest absolute Gasteiger partial charge is 0.326 e. The predicted molar refractivity (Wildman–Crippen MR) is 94.4 cm³/mol. The maximum Gasteiger partial charge on any atom is 0.332 e. The second kappa shape index (κ2) is 6.44. The highest BCUT2D eigenvalue weighted by Crippen LogP contribution is 2.32. The Morgan fingerprint density at radius 2 is 1.92 bits per heavy atom. The van der Waals surface area contributed by atoms with Gasteiger partial charge in [-0.05, 0) is 12.8 Å². The van der Waals surface area contributed by atoms with Gasteiger partial charge in [-0.25, -0.2) is 9.78 Å². The van der Waals surface area contributed by atoms with Crippen LogP contribution in [-0.4, -0.2) is 42.1 Å². The van der Waals surface area contributed by atoms with Gasteiger partial charge in [0.2, 0.25) is 5.91 Å². The van der Waals surface area contributed by atoms with Crippen LogP contribution in [0.15, 0.2) is 15.9 Å². The molecule has 0 saturated heterocycles. The highest BCUT2D eigenvalue weighted by molar-refractivity contribution is 5.79. The van der Waals surface area contributed by atoms with Crippen LogP contribution in [0.5, 0.6) is 0 Å². The first-order valence-corrected chi connectivity index (χ1v) is 8.61. The lowest BCUT2D eigenvalue weighted by atomic mass is 9.81. The maximum absolute atomic E-state index is 12.8. The number of carbonyl (C=O) groups is 1. The van der Waals surface area contributed by atoms with Gasteiger partial charge in [0.15, 0.2) is 11.2 Å². The first-order valence-electron chi connectivity index (χ1n) is 8.61. The van der Waals surface area contributed by atoms with Crippen molar-refractivity contribution in [1.29, 1.82) is 5.26 Å². The molecule has 0 aliphatic heterocycles. The van der Waals surface area contributed by atoms with Gasteiger partial charge < -0.3 is 9.47 Å². The number of nitriles is 1. The standard InChI is InChI=1S/C17H22N6O3/c1-20-14-13(15(25)21(2)16(20)26)23(11-19-14)9-12(24)22(3)17(10-18)7-5-4-6-8-17/h11H,4-9H2,1-3H3.